The summed E-state index contributed by atoms with van der Waals surface area (Å²) < 4.78 is 4.93. The first-order chi connectivity index (χ1) is 6.26. The molecule has 0 radical (unpaired) electrons. The van der Waals surface area contributed by atoms with Crippen molar-refractivity contribution >= 4 is 16.5 Å². The molecule has 1 unspecified atom stereocenters. The monoisotopic (exact) mass is 202 g/mol. The Hall–Kier alpha value is -0.650. The predicted octanol–water partition coefficient (Wildman–Crippen LogP) is 0.871. The molecule has 0 aliphatic heterocycles. The van der Waals surface area contributed by atoms with Crippen molar-refractivity contribution < 1.29 is 9.84 Å². The number of anilines is 1. The fourth-order valence-corrected chi connectivity index (χ4v) is 1.70. The highest BCUT2D eigenvalue weighted by molar-refractivity contribution is 7.13. The number of ether oxygens (including phenoxy) is 1. The third kappa shape index (κ3) is 3.30. The first-order valence-corrected chi connectivity index (χ1v) is 4.92. The van der Waals surface area contributed by atoms with Crippen LogP contribution in [0.15, 0.2) is 5.38 Å². The molecule has 0 spiro atoms. The molecule has 0 fully saturated rings. The number of aliphatic hydroxyl groups excluding tert-OH is 1. The maximum absolute atomic E-state index is 8.96. The largest absolute Gasteiger partial charge is 0.394 e. The van der Waals surface area contributed by atoms with Crippen LogP contribution >= 0.6 is 11.3 Å². The molecule has 2 N–H and O–H groups in total. The van der Waals surface area contributed by atoms with Gasteiger partial charge in [-0.25, -0.2) is 4.98 Å². The molecule has 0 saturated heterocycles. The Morgan fingerprint density at radius 1 is 1.77 bits per heavy atom. The summed E-state index contributed by atoms with van der Waals surface area (Å²) in [6, 6.07) is -0.0736. The molecule has 0 aromatic carbocycles. The molecule has 74 valence electrons. The van der Waals surface area contributed by atoms with Gasteiger partial charge in [-0.1, -0.05) is 0 Å². The van der Waals surface area contributed by atoms with Crippen molar-refractivity contribution in [3.8, 4) is 0 Å². The van der Waals surface area contributed by atoms with Crippen molar-refractivity contribution in [2.45, 2.75) is 13.0 Å². The number of hydrogen-bond acceptors (Lipinski definition) is 5. The molecule has 1 heterocycles. The van der Waals surface area contributed by atoms with Gasteiger partial charge in [0.25, 0.3) is 0 Å². The van der Waals surface area contributed by atoms with Crippen LogP contribution in [0.5, 0.6) is 0 Å². The lowest BCUT2D eigenvalue weighted by Crippen LogP contribution is -2.28. The lowest BCUT2D eigenvalue weighted by molar-refractivity contribution is 0.153. The molecule has 0 bridgehead atoms. The smallest absolute Gasteiger partial charge is 0.183 e. The van der Waals surface area contributed by atoms with Gasteiger partial charge < -0.3 is 15.2 Å². The second-order valence-corrected chi connectivity index (χ2v) is 3.63. The average Bonchev–Trinajstić information content (AvgIpc) is 2.50. The van der Waals surface area contributed by atoms with Gasteiger partial charge in [-0.3, -0.25) is 0 Å². The van der Waals surface area contributed by atoms with Crippen LogP contribution in [0.3, 0.4) is 0 Å². The first kappa shape index (κ1) is 10.4. The van der Waals surface area contributed by atoms with Crippen LogP contribution in [0.25, 0.3) is 0 Å². The fraction of sp³-hybridized carbons (Fsp3) is 0.625. The van der Waals surface area contributed by atoms with E-state index in [0.29, 0.717) is 6.61 Å². The van der Waals surface area contributed by atoms with Gasteiger partial charge in [-0.15, -0.1) is 11.3 Å². The minimum Gasteiger partial charge on any atom is -0.394 e. The molecule has 1 atom stereocenters. The maximum atomic E-state index is 8.96. The van der Waals surface area contributed by atoms with Crippen molar-refractivity contribution in [1.29, 1.82) is 0 Å². The van der Waals surface area contributed by atoms with E-state index in [0.717, 1.165) is 10.8 Å². The van der Waals surface area contributed by atoms with Crippen LogP contribution in [0.1, 0.15) is 5.69 Å². The minimum absolute atomic E-state index is 0.0481. The van der Waals surface area contributed by atoms with E-state index >= 15 is 0 Å². The zero-order chi connectivity index (χ0) is 9.68. The van der Waals surface area contributed by atoms with Crippen LogP contribution < -0.4 is 5.32 Å². The van der Waals surface area contributed by atoms with Gasteiger partial charge in [0.05, 0.1) is 24.9 Å². The van der Waals surface area contributed by atoms with Crippen molar-refractivity contribution in [3.63, 3.8) is 0 Å². The summed E-state index contributed by atoms with van der Waals surface area (Å²) in [5.41, 5.74) is 0.988. The summed E-state index contributed by atoms with van der Waals surface area (Å²) in [6.45, 7) is 2.47. The number of hydrogen-bond donors (Lipinski definition) is 2. The van der Waals surface area contributed by atoms with Crippen LogP contribution in [-0.4, -0.2) is 36.5 Å². The molecule has 0 saturated carbocycles. The number of nitrogens with zero attached hydrogens (tertiary/aromatic N) is 1. The third-order valence-electron chi connectivity index (χ3n) is 1.53. The zero-order valence-electron chi connectivity index (χ0n) is 7.78. The number of aryl methyl sites for hydroxylation is 1. The Morgan fingerprint density at radius 3 is 3.00 bits per heavy atom. The lowest BCUT2D eigenvalue weighted by atomic mass is 10.3. The van der Waals surface area contributed by atoms with Gasteiger partial charge in [0, 0.05) is 12.5 Å². The van der Waals surface area contributed by atoms with Crippen molar-refractivity contribution in [3.05, 3.63) is 11.1 Å². The second kappa shape index (κ2) is 5.16. The molecule has 5 heteroatoms. The predicted molar refractivity (Wildman–Crippen MR) is 53.2 cm³/mol. The molecular formula is C8H14N2O2S. The average molecular weight is 202 g/mol. The highest BCUT2D eigenvalue weighted by atomic mass is 32.1. The summed E-state index contributed by atoms with van der Waals surface area (Å²) in [5, 5.41) is 14.8. The van der Waals surface area contributed by atoms with Gasteiger partial charge >= 0.3 is 0 Å². The Labute approximate surface area is 81.6 Å². The van der Waals surface area contributed by atoms with Gasteiger partial charge in [0.15, 0.2) is 5.13 Å². The van der Waals surface area contributed by atoms with E-state index in [9.17, 15) is 0 Å². The van der Waals surface area contributed by atoms with Crippen LogP contribution in [0.4, 0.5) is 5.13 Å². The number of thiazole rings is 1. The number of methoxy groups -OCH3 is 1. The number of nitrogens with one attached hydrogen (secondary N) is 1. The Balaban J connectivity index is 2.46. The van der Waals surface area contributed by atoms with Gasteiger partial charge in [-0.05, 0) is 6.92 Å². The van der Waals surface area contributed by atoms with E-state index in [-0.39, 0.29) is 12.6 Å². The first-order valence-electron chi connectivity index (χ1n) is 4.04. The molecule has 0 aliphatic carbocycles. The number of aliphatic hydroxyl groups is 1. The van der Waals surface area contributed by atoms with Crippen molar-refractivity contribution in [2.24, 2.45) is 0 Å². The summed E-state index contributed by atoms with van der Waals surface area (Å²) in [4.78, 5) is 4.22. The molecule has 1 aromatic heterocycles. The molecular weight excluding hydrogens is 188 g/mol. The molecule has 13 heavy (non-hydrogen) atoms. The van der Waals surface area contributed by atoms with Crippen LogP contribution in [-0.2, 0) is 4.74 Å². The molecule has 1 aromatic rings. The van der Waals surface area contributed by atoms with E-state index in [1.165, 1.54) is 11.3 Å². The summed E-state index contributed by atoms with van der Waals surface area (Å²) in [6.07, 6.45) is 0. The SMILES string of the molecule is COCC(CO)Nc1nc(C)cs1. The second-order valence-electron chi connectivity index (χ2n) is 2.77. The van der Waals surface area contributed by atoms with Crippen LogP contribution in [0, 0.1) is 6.92 Å². The summed E-state index contributed by atoms with van der Waals surface area (Å²) in [7, 11) is 1.61. The third-order valence-corrected chi connectivity index (χ3v) is 2.43. The minimum atomic E-state index is -0.0736. The number of aromatic nitrogens is 1. The van der Waals surface area contributed by atoms with E-state index in [4.69, 9.17) is 9.84 Å². The van der Waals surface area contributed by atoms with Crippen molar-refractivity contribution in [1.82, 2.24) is 4.98 Å². The standard InChI is InChI=1S/C8H14N2O2S/c1-6-5-13-8(9-6)10-7(3-11)4-12-2/h5,7,11H,3-4H2,1-2H3,(H,9,10). The molecule has 0 aliphatic rings. The van der Waals surface area contributed by atoms with Crippen LogP contribution in [0.2, 0.25) is 0 Å². The highest BCUT2D eigenvalue weighted by Gasteiger charge is 2.08. The Kier molecular flexibility index (Phi) is 4.14. The summed E-state index contributed by atoms with van der Waals surface area (Å²) >= 11 is 1.53. The lowest BCUT2D eigenvalue weighted by Gasteiger charge is -2.13. The van der Waals surface area contributed by atoms with Gasteiger partial charge in [0.1, 0.15) is 0 Å². The van der Waals surface area contributed by atoms with Gasteiger partial charge in [0.2, 0.25) is 0 Å². The van der Waals surface area contributed by atoms with Crippen molar-refractivity contribution in [2.75, 3.05) is 25.6 Å². The Morgan fingerprint density at radius 2 is 2.54 bits per heavy atom. The topological polar surface area (TPSA) is 54.4 Å². The maximum Gasteiger partial charge on any atom is 0.183 e. The summed E-state index contributed by atoms with van der Waals surface area (Å²) in [5.74, 6) is 0. The van der Waals surface area contributed by atoms with E-state index < -0.39 is 0 Å². The fourth-order valence-electron chi connectivity index (χ4n) is 0.936. The number of rotatable bonds is 5. The van der Waals surface area contributed by atoms with E-state index in [1.54, 1.807) is 7.11 Å². The van der Waals surface area contributed by atoms with Gasteiger partial charge in [-0.2, -0.15) is 0 Å². The van der Waals surface area contributed by atoms with E-state index in [2.05, 4.69) is 10.3 Å². The molecule has 0 amide bonds. The van der Waals surface area contributed by atoms with E-state index in [1.807, 2.05) is 12.3 Å². The Bertz CT molecular complexity index is 252. The highest BCUT2D eigenvalue weighted by Crippen LogP contribution is 2.15. The normalized spacial score (nSPS) is 12.8. The zero-order valence-corrected chi connectivity index (χ0v) is 8.60. The quantitative estimate of drug-likeness (QED) is 0.744. The molecule has 4 nitrogen and oxygen atoms in total. The molecule has 1 rings (SSSR count).